The van der Waals surface area contributed by atoms with Crippen LogP contribution in [0.25, 0.3) is 109 Å². The lowest BCUT2D eigenvalue weighted by molar-refractivity contribution is 0.669. The van der Waals surface area contributed by atoms with Crippen LogP contribution in [0.5, 0.6) is 0 Å². The highest BCUT2D eigenvalue weighted by Gasteiger charge is 2.18. The zero-order valence-corrected chi connectivity index (χ0v) is 27.1. The molecule has 0 unspecified atom stereocenters. The van der Waals surface area contributed by atoms with Crippen molar-refractivity contribution >= 4 is 75.8 Å². The second-order valence-corrected chi connectivity index (χ2v) is 13.0. The van der Waals surface area contributed by atoms with Crippen molar-refractivity contribution in [2.24, 2.45) is 0 Å². The molecular formula is C50H30O. The Bertz CT molecular complexity index is 3560. The number of benzene rings is 10. The second-order valence-electron chi connectivity index (χ2n) is 13.0. The molecule has 1 heterocycles. The quantitative estimate of drug-likeness (QED) is 0.136. The van der Waals surface area contributed by atoms with Crippen molar-refractivity contribution in [3.05, 3.63) is 182 Å². The van der Waals surface area contributed by atoms with Gasteiger partial charge in [-0.05, 0) is 112 Å². The molecule has 10 aromatic carbocycles. The molecule has 0 aliphatic heterocycles. The number of rotatable bonds is 3. The van der Waals surface area contributed by atoms with E-state index in [0.717, 1.165) is 43.4 Å². The van der Waals surface area contributed by atoms with Gasteiger partial charge >= 0.3 is 0 Å². The summed E-state index contributed by atoms with van der Waals surface area (Å²) in [6.07, 6.45) is 0. The van der Waals surface area contributed by atoms with Crippen LogP contribution in [0.1, 0.15) is 11.0 Å². The fourth-order valence-corrected chi connectivity index (χ4v) is 7.93. The lowest BCUT2D eigenvalue weighted by Gasteiger charge is -2.18. The summed E-state index contributed by atoms with van der Waals surface area (Å²) in [7, 11) is 0. The molecule has 0 saturated heterocycles. The van der Waals surface area contributed by atoms with Gasteiger partial charge in [0.05, 0.1) is 11.0 Å². The third-order valence-corrected chi connectivity index (χ3v) is 10.3. The molecule has 0 atom stereocenters. The van der Waals surface area contributed by atoms with Crippen LogP contribution in [0.3, 0.4) is 0 Å². The van der Waals surface area contributed by atoms with Crippen molar-refractivity contribution in [2.45, 2.75) is 0 Å². The zero-order chi connectivity index (χ0) is 40.4. The molecule has 0 aliphatic carbocycles. The molecule has 11 aromatic rings. The molecule has 1 nitrogen and oxygen atoms in total. The van der Waals surface area contributed by atoms with Gasteiger partial charge < -0.3 is 4.42 Å². The second kappa shape index (κ2) is 10.9. The minimum atomic E-state index is -0.435. The highest BCUT2D eigenvalue weighted by atomic mass is 16.3. The van der Waals surface area contributed by atoms with Crippen molar-refractivity contribution < 1.29 is 15.4 Å². The van der Waals surface area contributed by atoms with E-state index in [9.17, 15) is 5.48 Å². The highest BCUT2D eigenvalue weighted by Crippen LogP contribution is 2.45. The largest absolute Gasteiger partial charge is 0.456 e. The third kappa shape index (κ3) is 4.28. The Morgan fingerprint density at radius 3 is 1.57 bits per heavy atom. The van der Waals surface area contributed by atoms with Gasteiger partial charge in [0, 0.05) is 10.8 Å². The van der Waals surface area contributed by atoms with Gasteiger partial charge in [-0.3, -0.25) is 0 Å². The average molecular weight is 655 g/mol. The lowest BCUT2D eigenvalue weighted by atomic mass is 9.85. The van der Waals surface area contributed by atoms with Gasteiger partial charge in [0.2, 0.25) is 0 Å². The Labute approximate surface area is 305 Å². The minimum absolute atomic E-state index is 0.173. The number of fused-ring (bicyclic) bond motifs is 10. The third-order valence-electron chi connectivity index (χ3n) is 10.3. The average Bonchev–Trinajstić information content (AvgIpc) is 3.66. The summed E-state index contributed by atoms with van der Waals surface area (Å²) in [5.41, 5.74) is 4.92. The SMILES string of the molecule is [2H]c1c([2H])c([2H])c2c(-c3ccc4oc5ccc6ccccc6c5c4c3)c3c([2H])c([2H])c([2H])c([2H])c3c(-c3ccc(-c4ccc5c(ccc6ccccc65)c4)cc3)c2c1[2H]. The molecule has 0 N–H and O–H groups in total. The van der Waals surface area contributed by atoms with Gasteiger partial charge in [-0.25, -0.2) is 0 Å². The molecule has 0 saturated carbocycles. The van der Waals surface area contributed by atoms with Crippen LogP contribution in [0.15, 0.2) is 186 Å². The monoisotopic (exact) mass is 654 g/mol. The van der Waals surface area contributed by atoms with Crippen LogP contribution >= 0.6 is 0 Å². The summed E-state index contributed by atoms with van der Waals surface area (Å²) in [6.45, 7) is 0. The zero-order valence-electron chi connectivity index (χ0n) is 35.1. The topological polar surface area (TPSA) is 13.1 Å². The van der Waals surface area contributed by atoms with Crippen molar-refractivity contribution in [2.75, 3.05) is 0 Å². The Balaban J connectivity index is 1.21. The van der Waals surface area contributed by atoms with E-state index in [1.165, 1.54) is 10.8 Å². The first kappa shape index (κ1) is 21.4. The highest BCUT2D eigenvalue weighted by molar-refractivity contribution is 6.24. The summed E-state index contributed by atoms with van der Waals surface area (Å²) in [5, 5.41) is 8.96. The number of hydrogen-bond donors (Lipinski definition) is 0. The standard InChI is InChI=1S/C50H30O/c1-3-11-38-32(9-1)19-22-36-29-35(23-26-39(36)38)31-17-20-34(21-18-31)48-41-13-5-7-15-43(41)49(44-16-8-6-14-42(44)48)37-25-27-46-45(30-37)50-40-12-4-2-10-33(40)24-28-47(50)51-46/h1-30H/i5D,6D,7D,8D,13D,14D,15D,16D. The Morgan fingerprint density at radius 1 is 0.333 bits per heavy atom. The van der Waals surface area contributed by atoms with Gasteiger partial charge in [0.15, 0.2) is 0 Å². The molecule has 51 heavy (non-hydrogen) atoms. The first-order valence-electron chi connectivity index (χ1n) is 20.9. The minimum Gasteiger partial charge on any atom is -0.456 e. The Hall–Kier alpha value is -6.70. The smallest absolute Gasteiger partial charge is 0.136 e. The number of hydrogen-bond acceptors (Lipinski definition) is 1. The molecule has 0 amide bonds. The van der Waals surface area contributed by atoms with Crippen molar-refractivity contribution in [1.29, 1.82) is 0 Å². The fraction of sp³-hybridized carbons (Fsp3) is 0. The fourth-order valence-electron chi connectivity index (χ4n) is 7.93. The van der Waals surface area contributed by atoms with Gasteiger partial charge in [-0.1, -0.05) is 158 Å². The van der Waals surface area contributed by atoms with Gasteiger partial charge in [-0.15, -0.1) is 0 Å². The van der Waals surface area contributed by atoms with Crippen LogP contribution in [-0.2, 0) is 0 Å². The van der Waals surface area contributed by atoms with Gasteiger partial charge in [0.1, 0.15) is 11.2 Å². The molecule has 0 bridgehead atoms. The van der Waals surface area contributed by atoms with E-state index < -0.39 is 24.2 Å². The maximum atomic E-state index is 9.40. The van der Waals surface area contributed by atoms with E-state index in [0.29, 0.717) is 33.4 Å². The van der Waals surface area contributed by atoms with E-state index in [4.69, 9.17) is 9.90 Å². The van der Waals surface area contributed by atoms with E-state index in [2.05, 4.69) is 42.5 Å². The molecule has 0 fully saturated rings. The summed E-state index contributed by atoms with van der Waals surface area (Å²) in [5.74, 6) is 0. The molecule has 11 rings (SSSR count). The van der Waals surface area contributed by atoms with Crippen LogP contribution in [0.4, 0.5) is 0 Å². The van der Waals surface area contributed by atoms with E-state index in [1.54, 1.807) is 6.07 Å². The summed E-state index contributed by atoms with van der Waals surface area (Å²) in [4.78, 5) is 0. The van der Waals surface area contributed by atoms with E-state index >= 15 is 0 Å². The van der Waals surface area contributed by atoms with Crippen molar-refractivity contribution in [1.82, 2.24) is 0 Å². The predicted octanol–water partition coefficient (Wildman–Crippen LogP) is 14.4. The van der Waals surface area contributed by atoms with Crippen LogP contribution in [-0.4, -0.2) is 0 Å². The van der Waals surface area contributed by atoms with Crippen LogP contribution in [0.2, 0.25) is 0 Å². The molecular weight excluding hydrogens is 617 g/mol. The summed E-state index contributed by atoms with van der Waals surface area (Å²) in [6, 6.07) is 41.0. The predicted molar refractivity (Wildman–Crippen MR) is 218 cm³/mol. The molecule has 236 valence electrons. The van der Waals surface area contributed by atoms with Crippen molar-refractivity contribution in [3.8, 4) is 33.4 Å². The first-order valence-corrected chi connectivity index (χ1v) is 16.9. The van der Waals surface area contributed by atoms with Crippen LogP contribution in [0, 0.1) is 0 Å². The Kier molecular flexibility index (Phi) is 4.57. The number of furan rings is 1. The molecule has 0 radical (unpaired) electrons. The van der Waals surface area contributed by atoms with E-state index in [1.807, 2.05) is 84.9 Å². The maximum Gasteiger partial charge on any atom is 0.136 e. The lowest BCUT2D eigenvalue weighted by Crippen LogP contribution is -1.91. The maximum absolute atomic E-state index is 9.40. The van der Waals surface area contributed by atoms with Gasteiger partial charge in [-0.2, -0.15) is 0 Å². The molecule has 1 aromatic heterocycles. The first-order chi connectivity index (χ1) is 28.6. The van der Waals surface area contributed by atoms with Crippen molar-refractivity contribution in [3.63, 3.8) is 0 Å². The molecule has 1 heteroatoms. The normalized spacial score (nSPS) is 14.1. The molecule has 0 spiro atoms. The Morgan fingerprint density at radius 2 is 0.843 bits per heavy atom. The summed E-state index contributed by atoms with van der Waals surface area (Å²) >= 11 is 0. The van der Waals surface area contributed by atoms with Crippen LogP contribution < -0.4 is 0 Å². The van der Waals surface area contributed by atoms with Gasteiger partial charge in [0.25, 0.3) is 0 Å². The van der Waals surface area contributed by atoms with E-state index in [-0.39, 0.29) is 45.7 Å². The molecule has 0 aliphatic rings. The summed E-state index contributed by atoms with van der Waals surface area (Å²) < 4.78 is 79.3.